The smallest absolute Gasteiger partial charge is 0.407 e. The highest BCUT2D eigenvalue weighted by Gasteiger charge is 2.15. The van der Waals surface area contributed by atoms with Gasteiger partial charge in [0.25, 0.3) is 0 Å². The molecule has 0 fully saturated rings. The minimum atomic E-state index is -0.495. The number of hydrogen-bond acceptors (Lipinski definition) is 3. The van der Waals surface area contributed by atoms with Gasteiger partial charge in [-0.1, -0.05) is 12.1 Å². The average Bonchev–Trinajstić information content (AvgIpc) is 2.36. The second kappa shape index (κ2) is 6.80. The SMILES string of the molecule is [C-]#[N+]c1ccc(CCNC(=O)OC(C)(C)C)cc1OC. The van der Waals surface area contributed by atoms with E-state index in [1.165, 1.54) is 7.11 Å². The van der Waals surface area contributed by atoms with Gasteiger partial charge in [0.05, 0.1) is 13.7 Å². The zero-order chi connectivity index (χ0) is 15.2. The molecule has 108 valence electrons. The van der Waals surface area contributed by atoms with Crippen molar-refractivity contribution in [1.29, 1.82) is 0 Å². The third-order valence-electron chi connectivity index (χ3n) is 2.45. The van der Waals surface area contributed by atoms with E-state index >= 15 is 0 Å². The largest absolute Gasteiger partial charge is 0.508 e. The van der Waals surface area contributed by atoms with Crippen LogP contribution in [0.15, 0.2) is 18.2 Å². The van der Waals surface area contributed by atoms with Gasteiger partial charge in [-0.3, -0.25) is 0 Å². The van der Waals surface area contributed by atoms with Crippen molar-refractivity contribution in [1.82, 2.24) is 5.32 Å². The summed E-state index contributed by atoms with van der Waals surface area (Å²) in [4.78, 5) is 14.8. The highest BCUT2D eigenvalue weighted by atomic mass is 16.6. The molecule has 0 saturated heterocycles. The number of carbonyl (C=O) groups excluding carboxylic acids is 1. The molecule has 0 aliphatic carbocycles. The first-order valence-corrected chi connectivity index (χ1v) is 6.37. The Morgan fingerprint density at radius 2 is 2.10 bits per heavy atom. The van der Waals surface area contributed by atoms with Crippen molar-refractivity contribution >= 4 is 11.8 Å². The number of methoxy groups -OCH3 is 1. The second-order valence-electron chi connectivity index (χ2n) is 5.30. The number of alkyl carbamates (subject to hydrolysis) is 1. The van der Waals surface area contributed by atoms with E-state index in [1.807, 2.05) is 32.9 Å². The van der Waals surface area contributed by atoms with Gasteiger partial charge >= 0.3 is 6.09 Å². The lowest BCUT2D eigenvalue weighted by Gasteiger charge is -2.19. The van der Waals surface area contributed by atoms with Crippen molar-refractivity contribution in [3.8, 4) is 5.75 Å². The molecular weight excluding hydrogens is 256 g/mol. The molecule has 0 bridgehead atoms. The van der Waals surface area contributed by atoms with Crippen molar-refractivity contribution < 1.29 is 14.3 Å². The highest BCUT2D eigenvalue weighted by molar-refractivity contribution is 5.67. The van der Waals surface area contributed by atoms with E-state index in [4.69, 9.17) is 16.0 Å². The molecule has 0 aromatic heterocycles. The molecule has 20 heavy (non-hydrogen) atoms. The minimum Gasteiger partial charge on any atom is -0.508 e. The first kappa shape index (κ1) is 15.8. The van der Waals surface area contributed by atoms with Crippen LogP contribution in [0.3, 0.4) is 0 Å². The number of ether oxygens (including phenoxy) is 2. The molecular formula is C15H20N2O3. The summed E-state index contributed by atoms with van der Waals surface area (Å²) in [6.07, 6.45) is 0.218. The first-order valence-electron chi connectivity index (χ1n) is 6.37. The van der Waals surface area contributed by atoms with Gasteiger partial charge < -0.3 is 14.8 Å². The molecule has 0 heterocycles. The molecule has 0 radical (unpaired) electrons. The number of carbonyl (C=O) groups is 1. The summed E-state index contributed by atoms with van der Waals surface area (Å²) in [6.45, 7) is 12.9. The number of nitrogens with one attached hydrogen (secondary N) is 1. The van der Waals surface area contributed by atoms with Gasteiger partial charge in [-0.2, -0.15) is 0 Å². The van der Waals surface area contributed by atoms with E-state index in [1.54, 1.807) is 6.07 Å². The normalized spacial score (nSPS) is 10.6. The fourth-order valence-electron chi connectivity index (χ4n) is 1.59. The maximum Gasteiger partial charge on any atom is 0.407 e. The van der Waals surface area contributed by atoms with Crippen LogP contribution >= 0.6 is 0 Å². The van der Waals surface area contributed by atoms with Gasteiger partial charge in [-0.15, -0.1) is 0 Å². The van der Waals surface area contributed by atoms with E-state index in [0.29, 0.717) is 24.4 Å². The number of hydrogen-bond donors (Lipinski definition) is 1. The predicted octanol–water partition coefficient (Wildman–Crippen LogP) is 3.31. The Balaban J connectivity index is 2.51. The zero-order valence-electron chi connectivity index (χ0n) is 12.3. The molecule has 0 aliphatic heterocycles. The van der Waals surface area contributed by atoms with E-state index < -0.39 is 11.7 Å². The molecule has 5 nitrogen and oxygen atoms in total. The molecule has 1 aromatic carbocycles. The van der Waals surface area contributed by atoms with Gasteiger partial charge in [0.2, 0.25) is 5.69 Å². The number of rotatable bonds is 4. The maximum absolute atomic E-state index is 11.5. The van der Waals surface area contributed by atoms with Crippen molar-refractivity contribution in [2.24, 2.45) is 0 Å². The van der Waals surface area contributed by atoms with Gasteiger partial charge in [-0.05, 0) is 38.8 Å². The summed E-state index contributed by atoms with van der Waals surface area (Å²) in [7, 11) is 1.53. The molecule has 0 saturated carbocycles. The van der Waals surface area contributed by atoms with Crippen LogP contribution in [0.1, 0.15) is 26.3 Å². The molecule has 1 rings (SSSR count). The van der Waals surface area contributed by atoms with Crippen LogP contribution in [0.2, 0.25) is 0 Å². The summed E-state index contributed by atoms with van der Waals surface area (Å²) in [5, 5.41) is 2.69. The Labute approximate surface area is 119 Å². The third-order valence-corrected chi connectivity index (χ3v) is 2.45. The zero-order valence-corrected chi connectivity index (χ0v) is 12.3. The number of benzene rings is 1. The van der Waals surface area contributed by atoms with Crippen LogP contribution in [-0.4, -0.2) is 25.3 Å². The topological polar surface area (TPSA) is 51.9 Å². The van der Waals surface area contributed by atoms with E-state index in [9.17, 15) is 4.79 Å². The number of amides is 1. The number of nitrogens with zero attached hydrogens (tertiary/aromatic N) is 1. The maximum atomic E-state index is 11.5. The Kier molecular flexibility index (Phi) is 5.39. The quantitative estimate of drug-likeness (QED) is 0.858. The molecule has 1 N–H and O–H groups in total. The van der Waals surface area contributed by atoms with Crippen LogP contribution in [0.25, 0.3) is 4.85 Å². The summed E-state index contributed by atoms with van der Waals surface area (Å²) in [5.74, 6) is 0.551. The summed E-state index contributed by atoms with van der Waals surface area (Å²) < 4.78 is 10.3. The lowest BCUT2D eigenvalue weighted by molar-refractivity contribution is 0.0528. The van der Waals surface area contributed by atoms with Crippen molar-refractivity contribution in [2.45, 2.75) is 32.8 Å². The van der Waals surface area contributed by atoms with Crippen molar-refractivity contribution in [3.05, 3.63) is 35.2 Å². The van der Waals surface area contributed by atoms with Crippen LogP contribution < -0.4 is 10.1 Å². The predicted molar refractivity (Wildman–Crippen MR) is 77.2 cm³/mol. The lowest BCUT2D eigenvalue weighted by Crippen LogP contribution is -2.33. The molecule has 0 atom stereocenters. The van der Waals surface area contributed by atoms with Crippen LogP contribution in [0, 0.1) is 6.57 Å². The monoisotopic (exact) mass is 276 g/mol. The lowest BCUT2D eigenvalue weighted by atomic mass is 10.1. The molecule has 5 heteroatoms. The molecule has 0 unspecified atom stereocenters. The average molecular weight is 276 g/mol. The molecule has 1 aromatic rings. The van der Waals surface area contributed by atoms with E-state index in [0.717, 1.165) is 5.56 Å². The molecule has 0 aliphatic rings. The third kappa shape index (κ3) is 5.19. The van der Waals surface area contributed by atoms with Crippen LogP contribution in [0.5, 0.6) is 5.75 Å². The Bertz CT molecular complexity index is 513. The van der Waals surface area contributed by atoms with Crippen molar-refractivity contribution in [3.63, 3.8) is 0 Å². The van der Waals surface area contributed by atoms with Gasteiger partial charge in [0.1, 0.15) is 11.4 Å². The fraction of sp³-hybridized carbons (Fsp3) is 0.467. The van der Waals surface area contributed by atoms with Gasteiger partial charge in [-0.25, -0.2) is 9.64 Å². The highest BCUT2D eigenvalue weighted by Crippen LogP contribution is 2.28. The molecule has 1 amide bonds. The summed E-state index contributed by atoms with van der Waals surface area (Å²) in [6, 6.07) is 5.38. The minimum absolute atomic E-state index is 0.428. The summed E-state index contributed by atoms with van der Waals surface area (Å²) >= 11 is 0. The van der Waals surface area contributed by atoms with Gasteiger partial charge in [0.15, 0.2) is 0 Å². The Morgan fingerprint density at radius 1 is 1.40 bits per heavy atom. The molecule has 0 spiro atoms. The summed E-state index contributed by atoms with van der Waals surface area (Å²) in [5.41, 5.74) is 0.978. The van der Waals surface area contributed by atoms with E-state index in [2.05, 4.69) is 10.2 Å². The van der Waals surface area contributed by atoms with E-state index in [-0.39, 0.29) is 0 Å². The standard InChI is InChI=1S/C15H20N2O3/c1-15(2,3)20-14(18)17-9-8-11-6-7-12(16-4)13(10-11)19-5/h6-7,10H,8-9H2,1-3,5H3,(H,17,18). The fourth-order valence-corrected chi connectivity index (χ4v) is 1.59. The first-order chi connectivity index (χ1) is 9.35. The van der Waals surface area contributed by atoms with Crippen molar-refractivity contribution in [2.75, 3.05) is 13.7 Å². The van der Waals surface area contributed by atoms with Crippen LogP contribution in [-0.2, 0) is 11.2 Å². The van der Waals surface area contributed by atoms with Crippen LogP contribution in [0.4, 0.5) is 10.5 Å². The Morgan fingerprint density at radius 3 is 2.65 bits per heavy atom. The van der Waals surface area contributed by atoms with Gasteiger partial charge in [0, 0.05) is 6.54 Å². The Hall–Kier alpha value is -2.22. The second-order valence-corrected chi connectivity index (χ2v) is 5.30.